The summed E-state index contributed by atoms with van der Waals surface area (Å²) in [6, 6.07) is 15.5. The minimum atomic E-state index is -0.760. The predicted octanol–water partition coefficient (Wildman–Crippen LogP) is 4.58. The third-order valence-electron chi connectivity index (χ3n) is 5.74. The van der Waals surface area contributed by atoms with E-state index in [-0.39, 0.29) is 18.1 Å². The van der Waals surface area contributed by atoms with Crippen LogP contribution in [0.3, 0.4) is 0 Å². The number of rotatable bonds is 3. The number of para-hydroxylation sites is 1. The Kier molecular flexibility index (Phi) is 4.09. The SMILES string of the molecule is O=C1C(=O)N(c2ccc3c(c2)OCO3)C(c2cccs2)/C1=C(/O)c1c[nH]c2ccccc12. The number of aliphatic hydroxyl groups is 1. The predicted molar refractivity (Wildman–Crippen MR) is 120 cm³/mol. The van der Waals surface area contributed by atoms with E-state index < -0.39 is 17.7 Å². The highest BCUT2D eigenvalue weighted by molar-refractivity contribution is 7.10. The Balaban J connectivity index is 1.56. The van der Waals surface area contributed by atoms with E-state index >= 15 is 0 Å². The number of Topliss-reactive ketones (excluding diaryl/α,β-unsaturated/α-hetero) is 1. The normalized spacial score (nSPS) is 19.2. The van der Waals surface area contributed by atoms with Crippen molar-refractivity contribution in [2.24, 2.45) is 0 Å². The van der Waals surface area contributed by atoms with Gasteiger partial charge in [0.1, 0.15) is 11.8 Å². The lowest BCUT2D eigenvalue weighted by Gasteiger charge is -2.24. The van der Waals surface area contributed by atoms with Crippen LogP contribution in [0.1, 0.15) is 16.5 Å². The minimum Gasteiger partial charge on any atom is -0.507 e. The van der Waals surface area contributed by atoms with Gasteiger partial charge in [0, 0.05) is 39.3 Å². The lowest BCUT2D eigenvalue weighted by molar-refractivity contribution is -0.132. The number of nitrogens with one attached hydrogen (secondary N) is 1. The van der Waals surface area contributed by atoms with Crippen LogP contribution in [-0.4, -0.2) is 28.6 Å². The molecule has 1 saturated heterocycles. The number of aromatic amines is 1. The van der Waals surface area contributed by atoms with Gasteiger partial charge in [-0.1, -0.05) is 24.3 Å². The molecule has 0 bridgehead atoms. The quantitative estimate of drug-likeness (QED) is 0.274. The topological polar surface area (TPSA) is 91.9 Å². The number of amides is 1. The molecule has 1 unspecified atom stereocenters. The first-order valence-corrected chi connectivity index (χ1v) is 10.8. The van der Waals surface area contributed by atoms with Crippen molar-refractivity contribution in [3.63, 3.8) is 0 Å². The summed E-state index contributed by atoms with van der Waals surface area (Å²) in [5.74, 6) is -0.558. The van der Waals surface area contributed by atoms with Crippen LogP contribution in [0.25, 0.3) is 16.7 Å². The van der Waals surface area contributed by atoms with Crippen molar-refractivity contribution in [1.82, 2.24) is 4.98 Å². The van der Waals surface area contributed by atoms with E-state index in [2.05, 4.69) is 4.98 Å². The molecule has 2 aromatic carbocycles. The summed E-state index contributed by atoms with van der Waals surface area (Å²) in [6.07, 6.45) is 1.65. The zero-order valence-corrected chi connectivity index (χ0v) is 17.4. The first kappa shape index (κ1) is 18.7. The Morgan fingerprint density at radius 1 is 1.06 bits per heavy atom. The van der Waals surface area contributed by atoms with Gasteiger partial charge in [-0.3, -0.25) is 14.5 Å². The number of carbonyl (C=O) groups is 2. The molecule has 158 valence electrons. The monoisotopic (exact) mass is 444 g/mol. The molecule has 32 heavy (non-hydrogen) atoms. The van der Waals surface area contributed by atoms with Gasteiger partial charge in [-0.15, -0.1) is 11.3 Å². The van der Waals surface area contributed by atoms with Gasteiger partial charge in [0.05, 0.1) is 5.57 Å². The number of hydrogen-bond acceptors (Lipinski definition) is 6. The number of anilines is 1. The van der Waals surface area contributed by atoms with Crippen LogP contribution < -0.4 is 14.4 Å². The number of carbonyl (C=O) groups excluding carboxylic acids is 2. The number of H-pyrrole nitrogens is 1. The van der Waals surface area contributed by atoms with Gasteiger partial charge >= 0.3 is 0 Å². The molecular formula is C24H16N2O5S. The number of ketones is 1. The van der Waals surface area contributed by atoms with Crippen molar-refractivity contribution < 1.29 is 24.2 Å². The van der Waals surface area contributed by atoms with Crippen molar-refractivity contribution in [2.75, 3.05) is 11.7 Å². The number of aromatic nitrogens is 1. The molecule has 8 heteroatoms. The number of fused-ring (bicyclic) bond motifs is 2. The molecule has 0 saturated carbocycles. The second-order valence-corrected chi connectivity index (χ2v) is 8.45. The van der Waals surface area contributed by atoms with E-state index in [9.17, 15) is 14.7 Å². The highest BCUT2D eigenvalue weighted by Gasteiger charge is 2.47. The van der Waals surface area contributed by atoms with Crippen molar-refractivity contribution >= 4 is 45.4 Å². The highest BCUT2D eigenvalue weighted by atomic mass is 32.1. The summed E-state index contributed by atoms with van der Waals surface area (Å²) in [4.78, 5) is 31.7. The van der Waals surface area contributed by atoms with Gasteiger partial charge in [-0.2, -0.15) is 0 Å². The average Bonchev–Trinajstić information content (AvgIpc) is 3.60. The van der Waals surface area contributed by atoms with Crippen LogP contribution in [0.15, 0.2) is 71.7 Å². The zero-order chi connectivity index (χ0) is 21.8. The fourth-order valence-electron chi connectivity index (χ4n) is 4.26. The van der Waals surface area contributed by atoms with Gasteiger partial charge in [0.15, 0.2) is 11.5 Å². The molecule has 2 N–H and O–H groups in total. The smallest absolute Gasteiger partial charge is 0.300 e. The van der Waals surface area contributed by atoms with Crippen molar-refractivity contribution in [3.05, 3.63) is 82.2 Å². The molecule has 4 aromatic rings. The zero-order valence-electron chi connectivity index (χ0n) is 16.6. The Bertz CT molecular complexity index is 1420. The first-order valence-electron chi connectivity index (χ1n) is 9.94. The Morgan fingerprint density at radius 2 is 1.91 bits per heavy atom. The second-order valence-electron chi connectivity index (χ2n) is 7.47. The lowest BCUT2D eigenvalue weighted by Crippen LogP contribution is -2.29. The summed E-state index contributed by atoms with van der Waals surface area (Å²) >= 11 is 1.42. The van der Waals surface area contributed by atoms with E-state index in [1.54, 1.807) is 24.4 Å². The van der Waals surface area contributed by atoms with Crippen molar-refractivity contribution in [1.29, 1.82) is 0 Å². The molecule has 0 aliphatic carbocycles. The fourth-order valence-corrected chi connectivity index (χ4v) is 5.09. The van der Waals surface area contributed by atoms with Gasteiger partial charge in [-0.05, 0) is 29.6 Å². The lowest BCUT2D eigenvalue weighted by atomic mass is 9.99. The van der Waals surface area contributed by atoms with Crippen LogP contribution in [0.5, 0.6) is 11.5 Å². The minimum absolute atomic E-state index is 0.0554. The Hall–Kier alpha value is -4.04. The Labute approximate surface area is 186 Å². The number of nitrogens with zero attached hydrogens (tertiary/aromatic N) is 1. The number of thiophene rings is 1. The molecule has 0 spiro atoms. The summed E-state index contributed by atoms with van der Waals surface area (Å²) < 4.78 is 10.8. The molecule has 0 radical (unpaired) electrons. The largest absolute Gasteiger partial charge is 0.507 e. The van der Waals surface area contributed by atoms with Gasteiger partial charge < -0.3 is 19.6 Å². The number of aliphatic hydroxyl groups excluding tert-OH is 1. The number of benzene rings is 2. The van der Waals surface area contributed by atoms with Crippen LogP contribution >= 0.6 is 11.3 Å². The third kappa shape index (κ3) is 2.66. The maximum absolute atomic E-state index is 13.2. The summed E-state index contributed by atoms with van der Waals surface area (Å²) in [5.41, 5.74) is 1.85. The van der Waals surface area contributed by atoms with Crippen LogP contribution in [-0.2, 0) is 9.59 Å². The standard InChI is InChI=1S/C24H16N2O5S/c27-22(15-11-25-16-5-2-1-4-14(15)16)20-21(19-6-3-9-32-19)26(24(29)23(20)28)13-7-8-17-18(10-13)31-12-30-17/h1-11,21,25,27H,12H2/b22-20-. The van der Waals surface area contributed by atoms with Gasteiger partial charge in [-0.25, -0.2) is 0 Å². The third-order valence-corrected chi connectivity index (χ3v) is 6.66. The highest BCUT2D eigenvalue weighted by Crippen LogP contribution is 2.46. The maximum atomic E-state index is 13.2. The Morgan fingerprint density at radius 3 is 2.75 bits per heavy atom. The number of hydrogen-bond donors (Lipinski definition) is 2. The molecule has 2 aliphatic rings. The molecular weight excluding hydrogens is 428 g/mol. The van der Waals surface area contributed by atoms with Crippen LogP contribution in [0.4, 0.5) is 5.69 Å². The molecule has 4 heterocycles. The first-order chi connectivity index (χ1) is 15.6. The van der Waals surface area contributed by atoms with E-state index in [1.807, 2.05) is 41.8 Å². The molecule has 2 aromatic heterocycles. The molecule has 6 rings (SSSR count). The van der Waals surface area contributed by atoms with Gasteiger partial charge in [0.2, 0.25) is 6.79 Å². The maximum Gasteiger partial charge on any atom is 0.300 e. The summed E-state index contributed by atoms with van der Waals surface area (Å²) in [5, 5.41) is 13.9. The van der Waals surface area contributed by atoms with Crippen LogP contribution in [0.2, 0.25) is 0 Å². The molecule has 1 amide bonds. The second kappa shape index (κ2) is 7.00. The van der Waals surface area contributed by atoms with E-state index in [0.29, 0.717) is 22.7 Å². The van der Waals surface area contributed by atoms with Crippen molar-refractivity contribution in [2.45, 2.75) is 6.04 Å². The molecule has 1 atom stereocenters. The molecule has 2 aliphatic heterocycles. The van der Waals surface area contributed by atoms with Crippen LogP contribution in [0, 0.1) is 0 Å². The number of ether oxygens (including phenoxy) is 2. The summed E-state index contributed by atoms with van der Waals surface area (Å²) in [6.45, 7) is 0.104. The van der Waals surface area contributed by atoms with E-state index in [0.717, 1.165) is 15.8 Å². The summed E-state index contributed by atoms with van der Waals surface area (Å²) in [7, 11) is 0. The molecule has 7 nitrogen and oxygen atoms in total. The molecule has 1 fully saturated rings. The van der Waals surface area contributed by atoms with E-state index in [4.69, 9.17) is 9.47 Å². The van der Waals surface area contributed by atoms with E-state index in [1.165, 1.54) is 16.2 Å². The van der Waals surface area contributed by atoms with Gasteiger partial charge in [0.25, 0.3) is 11.7 Å². The average molecular weight is 444 g/mol. The van der Waals surface area contributed by atoms with Crippen molar-refractivity contribution in [3.8, 4) is 11.5 Å². The fraction of sp³-hybridized carbons (Fsp3) is 0.0833.